The number of ether oxygens (including phenoxy) is 1. The van der Waals surface area contributed by atoms with Crippen LogP contribution in [0.3, 0.4) is 0 Å². The molecule has 0 aromatic heterocycles. The third kappa shape index (κ3) is 3.76. The topological polar surface area (TPSA) is 66.9 Å². The van der Waals surface area contributed by atoms with E-state index in [0.29, 0.717) is 32.0 Å². The normalized spacial score (nSPS) is 23.7. The molecule has 2 saturated heterocycles. The monoisotopic (exact) mass is 420 g/mol. The highest BCUT2D eigenvalue weighted by molar-refractivity contribution is 6.24. The van der Waals surface area contributed by atoms with Gasteiger partial charge in [-0.05, 0) is 24.6 Å². The number of hydrogen-bond acceptors (Lipinski definition) is 4. The van der Waals surface area contributed by atoms with Crippen LogP contribution in [0.15, 0.2) is 54.6 Å². The van der Waals surface area contributed by atoms with Crippen LogP contribution in [-0.4, -0.2) is 48.9 Å². The highest BCUT2D eigenvalue weighted by atomic mass is 16.5. The van der Waals surface area contributed by atoms with Crippen molar-refractivity contribution in [2.24, 2.45) is 11.3 Å². The third-order valence-corrected chi connectivity index (χ3v) is 6.39. The number of piperidine rings is 1. The van der Waals surface area contributed by atoms with E-state index in [9.17, 15) is 14.4 Å². The van der Waals surface area contributed by atoms with Crippen LogP contribution in [-0.2, 0) is 19.1 Å². The number of rotatable bonds is 3. The molecule has 0 spiro atoms. The van der Waals surface area contributed by atoms with Crippen molar-refractivity contribution in [3.05, 3.63) is 65.7 Å². The van der Waals surface area contributed by atoms with Gasteiger partial charge in [0.15, 0.2) is 0 Å². The van der Waals surface area contributed by atoms with E-state index in [0.717, 1.165) is 11.1 Å². The van der Waals surface area contributed by atoms with Crippen molar-refractivity contribution >= 4 is 23.4 Å². The lowest BCUT2D eigenvalue weighted by Gasteiger charge is -2.47. The van der Waals surface area contributed by atoms with Crippen molar-refractivity contribution in [2.75, 3.05) is 31.2 Å². The average Bonchev–Trinajstić information content (AvgIpc) is 2.78. The number of amides is 3. The molecule has 2 aromatic rings. The zero-order valence-corrected chi connectivity index (χ0v) is 18.2. The molecule has 31 heavy (non-hydrogen) atoms. The number of morpholine rings is 1. The second-order valence-corrected chi connectivity index (χ2v) is 8.84. The second-order valence-electron chi connectivity index (χ2n) is 8.84. The number of nitrogens with zero attached hydrogens (tertiary/aromatic N) is 2. The maximum atomic E-state index is 13.8. The number of imide groups is 1. The molecule has 6 nitrogen and oxygen atoms in total. The number of anilines is 1. The molecule has 0 saturated carbocycles. The Hall–Kier alpha value is -2.99. The summed E-state index contributed by atoms with van der Waals surface area (Å²) in [5.41, 5.74) is 1.40. The first-order valence-corrected chi connectivity index (χ1v) is 10.7. The first-order chi connectivity index (χ1) is 14.8. The van der Waals surface area contributed by atoms with Gasteiger partial charge in [-0.2, -0.15) is 0 Å². The van der Waals surface area contributed by atoms with Crippen molar-refractivity contribution in [1.29, 1.82) is 0 Å². The molecule has 2 unspecified atom stereocenters. The molecule has 2 fully saturated rings. The Bertz CT molecular complexity index is 978. The van der Waals surface area contributed by atoms with E-state index in [1.807, 2.05) is 63.2 Å². The highest BCUT2D eigenvalue weighted by Gasteiger charge is 2.57. The number of hydrogen-bond donors (Lipinski definition) is 0. The van der Waals surface area contributed by atoms with Crippen molar-refractivity contribution in [3.8, 4) is 0 Å². The minimum atomic E-state index is -0.977. The fraction of sp³-hybridized carbons (Fsp3) is 0.400. The van der Waals surface area contributed by atoms with Crippen LogP contribution in [0.4, 0.5) is 5.69 Å². The predicted octanol–water partition coefficient (Wildman–Crippen LogP) is 3.15. The van der Waals surface area contributed by atoms with Crippen LogP contribution in [0.25, 0.3) is 0 Å². The molecule has 2 aliphatic rings. The summed E-state index contributed by atoms with van der Waals surface area (Å²) < 4.78 is 5.39. The van der Waals surface area contributed by atoms with Gasteiger partial charge in [-0.25, -0.2) is 4.90 Å². The zero-order chi connectivity index (χ0) is 22.2. The largest absolute Gasteiger partial charge is 0.378 e. The lowest BCUT2D eigenvalue weighted by atomic mass is 9.64. The lowest BCUT2D eigenvalue weighted by molar-refractivity contribution is -0.152. The first-order valence-electron chi connectivity index (χ1n) is 10.7. The van der Waals surface area contributed by atoms with E-state index in [-0.39, 0.29) is 11.8 Å². The second kappa shape index (κ2) is 8.27. The van der Waals surface area contributed by atoms with Gasteiger partial charge in [-0.3, -0.25) is 14.4 Å². The summed E-state index contributed by atoms with van der Waals surface area (Å²) in [7, 11) is 0. The number of carbonyl (C=O) groups excluding carboxylic acids is 3. The number of carbonyl (C=O) groups is 3. The van der Waals surface area contributed by atoms with Crippen LogP contribution >= 0.6 is 0 Å². The van der Waals surface area contributed by atoms with Gasteiger partial charge < -0.3 is 9.64 Å². The maximum absolute atomic E-state index is 13.8. The smallest absolute Gasteiger partial charge is 0.247 e. The maximum Gasteiger partial charge on any atom is 0.247 e. The fourth-order valence-electron chi connectivity index (χ4n) is 4.66. The van der Waals surface area contributed by atoms with Crippen molar-refractivity contribution in [2.45, 2.75) is 26.7 Å². The van der Waals surface area contributed by atoms with E-state index >= 15 is 0 Å². The van der Waals surface area contributed by atoms with Crippen LogP contribution in [0.2, 0.25) is 0 Å². The lowest BCUT2D eigenvalue weighted by Crippen LogP contribution is -2.61. The molecule has 2 aliphatic heterocycles. The molecule has 4 rings (SSSR count). The number of aryl methyl sites for hydroxylation is 1. The van der Waals surface area contributed by atoms with Crippen LogP contribution in [0.1, 0.15) is 30.9 Å². The molecule has 0 bridgehead atoms. The average molecular weight is 421 g/mol. The van der Waals surface area contributed by atoms with Gasteiger partial charge in [0.1, 0.15) is 5.92 Å². The van der Waals surface area contributed by atoms with Gasteiger partial charge in [-0.15, -0.1) is 0 Å². The summed E-state index contributed by atoms with van der Waals surface area (Å²) in [4.78, 5) is 44.0. The molecule has 2 aromatic carbocycles. The summed E-state index contributed by atoms with van der Waals surface area (Å²) in [6.07, 6.45) is 0. The summed E-state index contributed by atoms with van der Waals surface area (Å²) >= 11 is 0. The Balaban J connectivity index is 1.82. The Labute approximate surface area is 182 Å². The van der Waals surface area contributed by atoms with E-state index in [4.69, 9.17) is 4.74 Å². The molecule has 0 aliphatic carbocycles. The van der Waals surface area contributed by atoms with Gasteiger partial charge in [0, 0.05) is 19.0 Å². The fourth-order valence-corrected chi connectivity index (χ4v) is 4.66. The van der Waals surface area contributed by atoms with Crippen LogP contribution in [0, 0.1) is 18.3 Å². The van der Waals surface area contributed by atoms with E-state index in [2.05, 4.69) is 0 Å². The third-order valence-electron chi connectivity index (χ3n) is 6.39. The van der Waals surface area contributed by atoms with Crippen molar-refractivity contribution < 1.29 is 19.1 Å². The molecular formula is C25H28N2O4. The Morgan fingerprint density at radius 1 is 0.968 bits per heavy atom. The number of benzene rings is 2. The molecule has 2 atom stereocenters. The Morgan fingerprint density at radius 3 is 2.19 bits per heavy atom. The minimum absolute atomic E-state index is 0.236. The quantitative estimate of drug-likeness (QED) is 0.565. The summed E-state index contributed by atoms with van der Waals surface area (Å²) in [5, 5.41) is 0. The van der Waals surface area contributed by atoms with Crippen LogP contribution < -0.4 is 4.90 Å². The molecule has 6 heteroatoms. The van der Waals surface area contributed by atoms with E-state index in [1.165, 1.54) is 4.90 Å². The van der Waals surface area contributed by atoms with Gasteiger partial charge in [0.2, 0.25) is 17.7 Å². The van der Waals surface area contributed by atoms with Gasteiger partial charge >= 0.3 is 0 Å². The first kappa shape index (κ1) is 21.2. The minimum Gasteiger partial charge on any atom is -0.378 e. The van der Waals surface area contributed by atoms with Crippen molar-refractivity contribution in [1.82, 2.24) is 4.90 Å². The van der Waals surface area contributed by atoms with E-state index < -0.39 is 23.2 Å². The van der Waals surface area contributed by atoms with Gasteiger partial charge in [-0.1, -0.05) is 61.9 Å². The Morgan fingerprint density at radius 2 is 1.58 bits per heavy atom. The zero-order valence-electron chi connectivity index (χ0n) is 18.2. The molecule has 162 valence electrons. The summed E-state index contributed by atoms with van der Waals surface area (Å²) in [6.45, 7) is 7.41. The molecular weight excluding hydrogens is 392 g/mol. The summed E-state index contributed by atoms with van der Waals surface area (Å²) in [6, 6.07) is 16.7. The Kier molecular flexibility index (Phi) is 5.67. The SMILES string of the molecule is Cc1ccc(N2C(=O)C(C(=O)N3CCOCC3)C(c3ccccc3)C(C)(C)C2=O)cc1. The molecule has 2 heterocycles. The van der Waals surface area contributed by atoms with E-state index in [1.54, 1.807) is 17.0 Å². The molecule has 0 N–H and O–H groups in total. The summed E-state index contributed by atoms with van der Waals surface area (Å²) in [5.74, 6) is -2.51. The standard InChI is InChI=1S/C25H28N2O4/c1-17-9-11-19(12-10-17)27-23(29)20(22(28)26-13-15-31-16-14-26)21(25(2,3)24(27)30)18-7-5-4-6-8-18/h4-12,20-21H,13-16H2,1-3H3. The van der Waals surface area contributed by atoms with Crippen molar-refractivity contribution in [3.63, 3.8) is 0 Å². The van der Waals surface area contributed by atoms with Crippen LogP contribution in [0.5, 0.6) is 0 Å². The predicted molar refractivity (Wildman–Crippen MR) is 118 cm³/mol. The molecule has 3 amide bonds. The van der Waals surface area contributed by atoms with Gasteiger partial charge in [0.05, 0.1) is 24.3 Å². The highest BCUT2D eigenvalue weighted by Crippen LogP contribution is 2.48. The van der Waals surface area contributed by atoms with Gasteiger partial charge in [0.25, 0.3) is 0 Å². The molecule has 0 radical (unpaired) electrons.